The lowest BCUT2D eigenvalue weighted by atomic mass is 10.0. The lowest BCUT2D eigenvalue weighted by Gasteiger charge is -2.25. The van der Waals surface area contributed by atoms with Gasteiger partial charge in [-0.2, -0.15) is 0 Å². The Bertz CT molecular complexity index is 2300. The number of rotatable bonds is 12. The second-order valence-corrected chi connectivity index (χ2v) is 15.2. The van der Waals surface area contributed by atoms with Gasteiger partial charge in [0.15, 0.2) is 0 Å². The molecule has 0 saturated carbocycles. The Morgan fingerprint density at radius 1 is 0.946 bits per heavy atom. The van der Waals surface area contributed by atoms with Crippen LogP contribution in [0.5, 0.6) is 0 Å². The van der Waals surface area contributed by atoms with Gasteiger partial charge in [-0.25, -0.2) is 9.18 Å². The molecule has 10 nitrogen and oxygen atoms in total. The van der Waals surface area contributed by atoms with Crippen LogP contribution in [-0.2, 0) is 32.1 Å². The molecule has 0 saturated heterocycles. The molecule has 1 aliphatic rings. The summed E-state index contributed by atoms with van der Waals surface area (Å²) in [5, 5.41) is 7.93. The number of thiophene rings is 1. The number of nitrogens with one attached hydrogen (secondary N) is 3. The number of carbonyl (C=O) groups is 5. The molecule has 1 aromatic heterocycles. The Balaban J connectivity index is 1.27. The summed E-state index contributed by atoms with van der Waals surface area (Å²) < 4.78 is 20.2. The Morgan fingerprint density at radius 2 is 1.66 bits per heavy atom. The fourth-order valence-electron chi connectivity index (χ4n) is 5.97. The van der Waals surface area contributed by atoms with E-state index in [0.29, 0.717) is 46.2 Å². The second kappa shape index (κ2) is 18.2. The standard InChI is InChI=1S/C42H36ClFN4O6S2/c1-3-54-42(53)36-30-20-21-48(25(2)49)24-35(30)56-41(36)47-40(52)37(26-12-6-4-7-13-26)55-29-17-10-16-28(22-29)45-39(51)34(23-31-32(43)18-11-19-33(31)44)46-38(50)27-14-8-5-9-15-27/h4-19,22-23,37H,3,20-21,24H2,1-2H3,(H,45,51)(H,46,50)(H,47,52)/b34-23+. The first-order valence-corrected chi connectivity index (χ1v) is 19.6. The van der Waals surface area contributed by atoms with E-state index in [-0.39, 0.29) is 34.4 Å². The van der Waals surface area contributed by atoms with Gasteiger partial charge in [0.1, 0.15) is 21.8 Å². The molecule has 0 fully saturated rings. The third kappa shape index (κ3) is 9.54. The van der Waals surface area contributed by atoms with Gasteiger partial charge in [-0.15, -0.1) is 23.1 Å². The number of ether oxygens (including phenoxy) is 1. The van der Waals surface area contributed by atoms with Crippen LogP contribution in [0.2, 0.25) is 5.02 Å². The largest absolute Gasteiger partial charge is 0.462 e. The fraction of sp³-hybridized carbons (Fsp3) is 0.167. The Morgan fingerprint density at radius 3 is 2.36 bits per heavy atom. The highest BCUT2D eigenvalue weighted by Gasteiger charge is 2.32. The number of carbonyl (C=O) groups excluding carboxylic acids is 5. The van der Waals surface area contributed by atoms with Gasteiger partial charge >= 0.3 is 5.97 Å². The number of hydrogen-bond donors (Lipinski definition) is 3. The second-order valence-electron chi connectivity index (χ2n) is 12.5. The van der Waals surface area contributed by atoms with Gasteiger partial charge in [-0.3, -0.25) is 19.2 Å². The van der Waals surface area contributed by atoms with Crippen LogP contribution in [0, 0.1) is 5.82 Å². The van der Waals surface area contributed by atoms with Gasteiger partial charge in [-0.1, -0.05) is 72.3 Å². The number of hydrogen-bond acceptors (Lipinski definition) is 8. The molecule has 56 heavy (non-hydrogen) atoms. The summed E-state index contributed by atoms with van der Waals surface area (Å²) in [4.78, 5) is 69.6. The third-order valence-electron chi connectivity index (χ3n) is 8.72. The van der Waals surface area contributed by atoms with E-state index < -0.39 is 34.8 Å². The van der Waals surface area contributed by atoms with Crippen molar-refractivity contribution in [2.24, 2.45) is 0 Å². The van der Waals surface area contributed by atoms with Crippen LogP contribution in [0.25, 0.3) is 6.08 Å². The summed E-state index contributed by atoms with van der Waals surface area (Å²) in [6.07, 6.45) is 1.62. The van der Waals surface area contributed by atoms with E-state index in [1.54, 1.807) is 66.4 Å². The SMILES string of the molecule is CCOC(=O)c1c(NC(=O)C(Sc2cccc(NC(=O)/C(=C\c3c(F)cccc3Cl)NC(=O)c3ccccc3)c2)c2ccccc2)sc2c1CCN(C(C)=O)C2. The fourth-order valence-corrected chi connectivity index (χ4v) is 8.53. The zero-order valence-electron chi connectivity index (χ0n) is 30.3. The Hall–Kier alpha value is -5.76. The quantitative estimate of drug-likeness (QED) is 0.0654. The molecule has 1 unspecified atom stereocenters. The molecular weight excluding hydrogens is 775 g/mol. The van der Waals surface area contributed by atoms with E-state index in [1.165, 1.54) is 54.3 Å². The number of nitrogens with zero attached hydrogens (tertiary/aromatic N) is 1. The van der Waals surface area contributed by atoms with E-state index in [0.717, 1.165) is 10.4 Å². The molecule has 0 radical (unpaired) electrons. The first-order chi connectivity index (χ1) is 27.0. The van der Waals surface area contributed by atoms with Gasteiger partial charge in [0.2, 0.25) is 11.8 Å². The summed E-state index contributed by atoms with van der Waals surface area (Å²) in [7, 11) is 0. The molecule has 14 heteroatoms. The molecule has 0 aliphatic carbocycles. The lowest BCUT2D eigenvalue weighted by molar-refractivity contribution is -0.129. The molecule has 3 N–H and O–H groups in total. The van der Waals surface area contributed by atoms with Gasteiger partial charge in [0.05, 0.1) is 23.7 Å². The predicted molar refractivity (Wildman–Crippen MR) is 217 cm³/mol. The van der Waals surface area contributed by atoms with Gasteiger partial charge in [0.25, 0.3) is 11.8 Å². The minimum atomic E-state index is -0.811. The normalized spacial score (nSPS) is 12.9. The van der Waals surface area contributed by atoms with Crippen molar-refractivity contribution in [3.05, 3.63) is 152 Å². The van der Waals surface area contributed by atoms with E-state index in [2.05, 4.69) is 16.0 Å². The highest BCUT2D eigenvalue weighted by Crippen LogP contribution is 2.41. The van der Waals surface area contributed by atoms with Crippen LogP contribution in [0.3, 0.4) is 0 Å². The van der Waals surface area contributed by atoms with Crippen LogP contribution < -0.4 is 16.0 Å². The van der Waals surface area contributed by atoms with E-state index in [4.69, 9.17) is 16.3 Å². The molecule has 286 valence electrons. The molecule has 2 heterocycles. The maximum absolute atomic E-state index is 14.8. The first-order valence-electron chi connectivity index (χ1n) is 17.6. The lowest BCUT2D eigenvalue weighted by Crippen LogP contribution is -2.34. The molecule has 1 atom stereocenters. The Labute approximate surface area is 336 Å². The molecule has 5 aromatic rings. The van der Waals surface area contributed by atoms with Crippen molar-refractivity contribution >= 4 is 81.1 Å². The smallest absolute Gasteiger partial charge is 0.341 e. The average molecular weight is 811 g/mol. The van der Waals surface area contributed by atoms with Crippen molar-refractivity contribution in [1.82, 2.24) is 10.2 Å². The van der Waals surface area contributed by atoms with E-state index in [1.807, 2.05) is 30.3 Å². The molecule has 0 spiro atoms. The van der Waals surface area contributed by atoms with Crippen molar-refractivity contribution in [3.8, 4) is 0 Å². The van der Waals surface area contributed by atoms with Crippen LogP contribution >= 0.6 is 34.7 Å². The van der Waals surface area contributed by atoms with E-state index in [9.17, 15) is 28.4 Å². The van der Waals surface area contributed by atoms with Gasteiger partial charge < -0.3 is 25.6 Å². The average Bonchev–Trinajstić information content (AvgIpc) is 3.55. The number of amides is 4. The maximum Gasteiger partial charge on any atom is 0.341 e. The monoisotopic (exact) mass is 810 g/mol. The zero-order chi connectivity index (χ0) is 39.8. The highest BCUT2D eigenvalue weighted by molar-refractivity contribution is 8.00. The maximum atomic E-state index is 14.8. The topological polar surface area (TPSA) is 134 Å². The minimum Gasteiger partial charge on any atom is -0.462 e. The van der Waals surface area contributed by atoms with Crippen molar-refractivity contribution in [3.63, 3.8) is 0 Å². The number of halogens is 2. The van der Waals surface area contributed by atoms with Crippen molar-refractivity contribution in [2.75, 3.05) is 23.8 Å². The zero-order valence-corrected chi connectivity index (χ0v) is 32.7. The summed E-state index contributed by atoms with van der Waals surface area (Å²) in [6, 6.07) is 28.2. The van der Waals surface area contributed by atoms with Crippen LogP contribution in [-0.4, -0.2) is 47.6 Å². The van der Waals surface area contributed by atoms with Crippen LogP contribution in [0.1, 0.15) is 61.4 Å². The summed E-state index contributed by atoms with van der Waals surface area (Å²) in [5.74, 6) is -3.05. The van der Waals surface area contributed by atoms with Crippen LogP contribution in [0.15, 0.2) is 114 Å². The minimum absolute atomic E-state index is 0.0445. The summed E-state index contributed by atoms with van der Waals surface area (Å²) >= 11 is 8.74. The first kappa shape index (κ1) is 39.9. The van der Waals surface area contributed by atoms with E-state index >= 15 is 0 Å². The van der Waals surface area contributed by atoms with Crippen molar-refractivity contribution in [1.29, 1.82) is 0 Å². The molecular formula is C42H36ClFN4O6S2. The summed E-state index contributed by atoms with van der Waals surface area (Å²) in [6.45, 7) is 4.13. The highest BCUT2D eigenvalue weighted by atomic mass is 35.5. The number of benzene rings is 4. The van der Waals surface area contributed by atoms with Gasteiger partial charge in [-0.05, 0) is 73.0 Å². The third-order valence-corrected chi connectivity index (χ3v) is 11.4. The molecule has 4 aromatic carbocycles. The van der Waals surface area contributed by atoms with Gasteiger partial charge in [0, 0.05) is 40.1 Å². The summed E-state index contributed by atoms with van der Waals surface area (Å²) in [5.41, 5.74) is 2.02. The van der Waals surface area contributed by atoms with Crippen molar-refractivity contribution < 1.29 is 33.1 Å². The number of anilines is 2. The molecule has 0 bridgehead atoms. The number of fused-ring (bicyclic) bond motifs is 1. The molecule has 6 rings (SSSR count). The van der Waals surface area contributed by atoms with Crippen molar-refractivity contribution in [2.45, 2.75) is 37.0 Å². The van der Waals surface area contributed by atoms with Crippen LogP contribution in [0.4, 0.5) is 15.1 Å². The predicted octanol–water partition coefficient (Wildman–Crippen LogP) is 8.50. The number of esters is 1. The number of thioether (sulfide) groups is 1. The molecule has 4 amide bonds. The Kier molecular flexibility index (Phi) is 13.0. The molecule has 1 aliphatic heterocycles.